The van der Waals surface area contributed by atoms with E-state index in [2.05, 4.69) is 31.4 Å². The van der Waals surface area contributed by atoms with Gasteiger partial charge in [0.25, 0.3) is 0 Å². The highest BCUT2D eigenvalue weighted by Gasteiger charge is 2.21. The SMILES string of the molecule is CC(C)(C)CNCC1CC(O)CN1. The second kappa shape index (κ2) is 4.40. The first-order chi connectivity index (χ1) is 5.97. The fourth-order valence-corrected chi connectivity index (χ4v) is 1.57. The van der Waals surface area contributed by atoms with Gasteiger partial charge in [0.2, 0.25) is 0 Å². The first-order valence-corrected chi connectivity index (χ1v) is 5.09. The third kappa shape index (κ3) is 4.60. The van der Waals surface area contributed by atoms with Gasteiger partial charge in [-0.3, -0.25) is 0 Å². The van der Waals surface area contributed by atoms with Crippen LogP contribution in [0.3, 0.4) is 0 Å². The number of aliphatic hydroxyl groups is 1. The van der Waals surface area contributed by atoms with E-state index in [0.29, 0.717) is 11.5 Å². The number of β-amino-alcohol motifs (C(OH)–C–C–N with tert-alkyl or cyclic N) is 1. The zero-order chi connectivity index (χ0) is 9.90. The van der Waals surface area contributed by atoms with E-state index in [1.54, 1.807) is 0 Å². The minimum atomic E-state index is -0.138. The van der Waals surface area contributed by atoms with Crippen LogP contribution in [0.25, 0.3) is 0 Å². The normalized spacial score (nSPS) is 29.5. The van der Waals surface area contributed by atoms with Gasteiger partial charge >= 0.3 is 0 Å². The monoisotopic (exact) mass is 186 g/mol. The smallest absolute Gasteiger partial charge is 0.0680 e. The average molecular weight is 186 g/mol. The Balaban J connectivity index is 2.07. The Morgan fingerprint density at radius 2 is 2.15 bits per heavy atom. The van der Waals surface area contributed by atoms with Gasteiger partial charge in [0.05, 0.1) is 6.10 Å². The van der Waals surface area contributed by atoms with Crippen LogP contribution in [0.15, 0.2) is 0 Å². The molecule has 0 radical (unpaired) electrons. The zero-order valence-corrected chi connectivity index (χ0v) is 8.93. The number of hydrogen-bond donors (Lipinski definition) is 3. The lowest BCUT2D eigenvalue weighted by Gasteiger charge is -2.20. The fourth-order valence-electron chi connectivity index (χ4n) is 1.57. The number of aliphatic hydroxyl groups excluding tert-OH is 1. The van der Waals surface area contributed by atoms with Crippen molar-refractivity contribution in [1.29, 1.82) is 0 Å². The summed E-state index contributed by atoms with van der Waals surface area (Å²) in [5, 5.41) is 16.0. The Hall–Kier alpha value is -0.120. The molecule has 1 fully saturated rings. The van der Waals surface area contributed by atoms with Crippen molar-refractivity contribution >= 4 is 0 Å². The maximum atomic E-state index is 9.27. The maximum Gasteiger partial charge on any atom is 0.0680 e. The second-order valence-electron chi connectivity index (χ2n) is 5.19. The Morgan fingerprint density at radius 3 is 2.62 bits per heavy atom. The fraction of sp³-hybridized carbons (Fsp3) is 1.00. The largest absolute Gasteiger partial charge is 0.392 e. The molecule has 0 saturated carbocycles. The predicted octanol–water partition coefficient (Wildman–Crippen LogP) is 0.345. The molecular formula is C10H22N2O. The van der Waals surface area contributed by atoms with Crippen molar-refractivity contribution in [1.82, 2.24) is 10.6 Å². The van der Waals surface area contributed by atoms with Gasteiger partial charge in [-0.15, -0.1) is 0 Å². The van der Waals surface area contributed by atoms with Crippen LogP contribution in [0, 0.1) is 5.41 Å². The van der Waals surface area contributed by atoms with Crippen molar-refractivity contribution in [3.05, 3.63) is 0 Å². The third-order valence-electron chi connectivity index (χ3n) is 2.24. The molecule has 0 bridgehead atoms. The maximum absolute atomic E-state index is 9.27. The van der Waals surface area contributed by atoms with E-state index in [-0.39, 0.29) is 6.10 Å². The van der Waals surface area contributed by atoms with E-state index < -0.39 is 0 Å². The molecule has 1 saturated heterocycles. The van der Waals surface area contributed by atoms with E-state index in [0.717, 1.165) is 26.1 Å². The molecule has 13 heavy (non-hydrogen) atoms. The van der Waals surface area contributed by atoms with Gasteiger partial charge in [0, 0.05) is 25.7 Å². The molecule has 3 heteroatoms. The van der Waals surface area contributed by atoms with Gasteiger partial charge in [-0.25, -0.2) is 0 Å². The van der Waals surface area contributed by atoms with Crippen LogP contribution < -0.4 is 10.6 Å². The van der Waals surface area contributed by atoms with Gasteiger partial charge in [-0.05, 0) is 11.8 Å². The zero-order valence-electron chi connectivity index (χ0n) is 8.93. The summed E-state index contributed by atoms with van der Waals surface area (Å²) in [7, 11) is 0. The average Bonchev–Trinajstić information content (AvgIpc) is 2.33. The molecule has 78 valence electrons. The summed E-state index contributed by atoms with van der Waals surface area (Å²) in [5.74, 6) is 0. The molecule has 2 atom stereocenters. The molecule has 0 amide bonds. The first kappa shape index (κ1) is 11.0. The molecular weight excluding hydrogens is 164 g/mol. The number of nitrogens with one attached hydrogen (secondary N) is 2. The molecule has 0 aromatic carbocycles. The van der Waals surface area contributed by atoms with Crippen molar-refractivity contribution in [2.45, 2.75) is 39.3 Å². The summed E-state index contributed by atoms with van der Waals surface area (Å²) in [6.07, 6.45) is 0.748. The van der Waals surface area contributed by atoms with Crippen LogP contribution in [-0.4, -0.2) is 36.9 Å². The van der Waals surface area contributed by atoms with Gasteiger partial charge < -0.3 is 15.7 Å². The summed E-state index contributed by atoms with van der Waals surface area (Å²) in [6, 6.07) is 0.456. The van der Waals surface area contributed by atoms with Crippen LogP contribution in [0.5, 0.6) is 0 Å². The van der Waals surface area contributed by atoms with Gasteiger partial charge in [-0.1, -0.05) is 20.8 Å². The van der Waals surface area contributed by atoms with Crippen LogP contribution >= 0.6 is 0 Å². The molecule has 1 aliphatic rings. The molecule has 3 nitrogen and oxygen atoms in total. The van der Waals surface area contributed by atoms with Crippen molar-refractivity contribution in [2.24, 2.45) is 5.41 Å². The van der Waals surface area contributed by atoms with E-state index in [4.69, 9.17) is 0 Å². The summed E-state index contributed by atoms with van der Waals surface area (Å²) < 4.78 is 0. The highest BCUT2D eigenvalue weighted by Crippen LogP contribution is 2.11. The van der Waals surface area contributed by atoms with Crippen molar-refractivity contribution < 1.29 is 5.11 Å². The van der Waals surface area contributed by atoms with Crippen molar-refractivity contribution in [2.75, 3.05) is 19.6 Å². The molecule has 0 aromatic rings. The summed E-state index contributed by atoms with van der Waals surface area (Å²) in [6.45, 7) is 9.41. The molecule has 0 spiro atoms. The molecule has 2 unspecified atom stereocenters. The highest BCUT2D eigenvalue weighted by atomic mass is 16.3. The molecule has 3 N–H and O–H groups in total. The Kier molecular flexibility index (Phi) is 3.71. The first-order valence-electron chi connectivity index (χ1n) is 5.09. The molecule has 0 aliphatic carbocycles. The molecule has 1 heterocycles. The lowest BCUT2D eigenvalue weighted by Crippen LogP contribution is -2.37. The lowest BCUT2D eigenvalue weighted by molar-refractivity contribution is 0.193. The van der Waals surface area contributed by atoms with Crippen LogP contribution in [0.2, 0.25) is 0 Å². The molecule has 1 rings (SSSR count). The van der Waals surface area contributed by atoms with E-state index in [9.17, 15) is 5.11 Å². The van der Waals surface area contributed by atoms with Gasteiger partial charge in [0.15, 0.2) is 0 Å². The third-order valence-corrected chi connectivity index (χ3v) is 2.24. The standard InChI is InChI=1S/C10H22N2O/c1-10(2,3)7-11-5-8-4-9(13)6-12-8/h8-9,11-13H,4-7H2,1-3H3. The Bertz CT molecular complexity index is 153. The molecule has 1 aliphatic heterocycles. The summed E-state index contributed by atoms with van der Waals surface area (Å²) in [4.78, 5) is 0. The minimum Gasteiger partial charge on any atom is -0.392 e. The van der Waals surface area contributed by atoms with Crippen LogP contribution in [0.4, 0.5) is 0 Å². The minimum absolute atomic E-state index is 0.138. The van der Waals surface area contributed by atoms with Crippen LogP contribution in [-0.2, 0) is 0 Å². The topological polar surface area (TPSA) is 44.3 Å². The highest BCUT2D eigenvalue weighted by molar-refractivity contribution is 4.83. The molecule has 0 aromatic heterocycles. The van der Waals surface area contributed by atoms with Crippen molar-refractivity contribution in [3.8, 4) is 0 Å². The van der Waals surface area contributed by atoms with Gasteiger partial charge in [0.1, 0.15) is 0 Å². The van der Waals surface area contributed by atoms with Gasteiger partial charge in [-0.2, -0.15) is 0 Å². The van der Waals surface area contributed by atoms with Crippen molar-refractivity contribution in [3.63, 3.8) is 0 Å². The summed E-state index contributed by atoms with van der Waals surface area (Å²) in [5.41, 5.74) is 0.344. The second-order valence-corrected chi connectivity index (χ2v) is 5.19. The Morgan fingerprint density at radius 1 is 1.46 bits per heavy atom. The predicted molar refractivity (Wildman–Crippen MR) is 54.7 cm³/mol. The number of hydrogen-bond acceptors (Lipinski definition) is 3. The van der Waals surface area contributed by atoms with E-state index in [1.807, 2.05) is 0 Å². The number of rotatable bonds is 3. The van der Waals surface area contributed by atoms with E-state index in [1.165, 1.54) is 0 Å². The Labute approximate surface area is 80.9 Å². The quantitative estimate of drug-likeness (QED) is 0.596. The van der Waals surface area contributed by atoms with Crippen LogP contribution in [0.1, 0.15) is 27.2 Å². The lowest BCUT2D eigenvalue weighted by atomic mass is 9.97. The van der Waals surface area contributed by atoms with E-state index >= 15 is 0 Å². The summed E-state index contributed by atoms with van der Waals surface area (Å²) >= 11 is 0.